The van der Waals surface area contributed by atoms with E-state index in [2.05, 4.69) is 21.0 Å². The number of nitrogens with one attached hydrogen (secondary N) is 3. The lowest BCUT2D eigenvalue weighted by Gasteiger charge is -2.39. The highest BCUT2D eigenvalue weighted by Crippen LogP contribution is 2.25. The number of piperidine rings is 2. The van der Waals surface area contributed by atoms with Gasteiger partial charge in [0, 0.05) is 63.5 Å². The van der Waals surface area contributed by atoms with Crippen molar-refractivity contribution in [3.8, 4) is 0 Å². The molecule has 0 aliphatic carbocycles. The minimum absolute atomic E-state index is 0.0653. The summed E-state index contributed by atoms with van der Waals surface area (Å²) in [5, 5.41) is 6.33. The number of hydrogen-bond acceptors (Lipinski definition) is 6. The van der Waals surface area contributed by atoms with Crippen LogP contribution in [0.3, 0.4) is 0 Å². The molecule has 9 heteroatoms. The van der Waals surface area contributed by atoms with E-state index in [1.54, 1.807) is 4.90 Å². The van der Waals surface area contributed by atoms with Crippen LogP contribution >= 0.6 is 0 Å². The molecule has 0 bridgehead atoms. The van der Waals surface area contributed by atoms with Crippen molar-refractivity contribution in [3.05, 3.63) is 0 Å². The summed E-state index contributed by atoms with van der Waals surface area (Å²) in [7, 11) is 0. The van der Waals surface area contributed by atoms with Gasteiger partial charge in [-0.3, -0.25) is 19.8 Å². The monoisotopic (exact) mass is 438 g/mol. The minimum Gasteiger partial charge on any atom is -0.381 e. The van der Waals surface area contributed by atoms with E-state index in [0.29, 0.717) is 18.1 Å². The second-order valence-electron chi connectivity index (χ2n) is 10.3. The van der Waals surface area contributed by atoms with Crippen LogP contribution in [0.25, 0.3) is 0 Å². The van der Waals surface area contributed by atoms with E-state index in [1.807, 2.05) is 0 Å². The van der Waals surface area contributed by atoms with E-state index in [-0.39, 0.29) is 24.2 Å². The molecule has 5 aliphatic rings. The van der Waals surface area contributed by atoms with Crippen molar-refractivity contribution in [3.63, 3.8) is 0 Å². The topological polar surface area (TPSA) is 110 Å². The van der Waals surface area contributed by atoms with Crippen LogP contribution in [0, 0.1) is 11.8 Å². The first-order valence-electron chi connectivity index (χ1n) is 12.7. The third-order valence-corrected chi connectivity index (χ3v) is 8.63. The highest BCUT2D eigenvalue weighted by molar-refractivity contribution is 5.76. The summed E-state index contributed by atoms with van der Waals surface area (Å²) in [6, 6.07) is 1.27. The lowest BCUT2D eigenvalue weighted by molar-refractivity contribution is -0.942. The lowest BCUT2D eigenvalue weighted by Crippen LogP contribution is -3.19. The number of rotatable bonds is 5. The van der Waals surface area contributed by atoms with Crippen LogP contribution in [0.5, 0.6) is 0 Å². The van der Waals surface area contributed by atoms with Gasteiger partial charge in [0.05, 0.1) is 38.5 Å². The molecule has 0 saturated carbocycles. The predicted octanol–water partition coefficient (Wildman–Crippen LogP) is -2.51. The van der Waals surface area contributed by atoms with Crippen molar-refractivity contribution in [2.75, 3.05) is 39.4 Å². The Hall–Kier alpha value is -0.810. The summed E-state index contributed by atoms with van der Waals surface area (Å²) in [5.41, 5.74) is 8.89. The predicted molar refractivity (Wildman–Crippen MR) is 114 cm³/mol. The molecule has 0 spiro atoms. The summed E-state index contributed by atoms with van der Waals surface area (Å²) in [5.74, 6) is 0.508. The molecule has 0 aromatic rings. The van der Waals surface area contributed by atoms with Crippen LogP contribution in [-0.4, -0.2) is 80.8 Å². The minimum atomic E-state index is -0.128. The second-order valence-corrected chi connectivity index (χ2v) is 10.3. The normalized spacial score (nSPS) is 41.5. The Balaban J connectivity index is 1.13. The fourth-order valence-electron chi connectivity index (χ4n) is 6.78. The van der Waals surface area contributed by atoms with Crippen LogP contribution < -0.4 is 26.7 Å². The SMILES string of the molecule is NC(=O)C1CCN(C2CC(C3NOC([C@H]4CCC[NH+]4C4CCOCC4)N3)CC[NH2+]2)CC1. The molecule has 5 fully saturated rings. The maximum absolute atomic E-state index is 11.5. The molecule has 0 aromatic carbocycles. The van der Waals surface area contributed by atoms with Gasteiger partial charge in [-0.05, 0) is 12.8 Å². The van der Waals surface area contributed by atoms with Crippen LogP contribution in [0.15, 0.2) is 0 Å². The van der Waals surface area contributed by atoms with Gasteiger partial charge in [0.15, 0.2) is 6.23 Å². The quantitative estimate of drug-likeness (QED) is 0.324. The lowest BCUT2D eigenvalue weighted by atomic mass is 9.90. The number of nitrogens with zero attached hydrogens (tertiary/aromatic N) is 1. The van der Waals surface area contributed by atoms with Crippen molar-refractivity contribution in [2.24, 2.45) is 17.6 Å². The standard InChI is InChI=1S/C22H40N6O3/c23-20(29)15-4-10-27(11-5-15)19-14-16(3-8-24-19)21-25-22(31-26-21)18-2-1-9-28(18)17-6-12-30-13-7-17/h15-19,21-22,24-26H,1-14H2,(H2,23,29)/p+2/t16?,18-,19?,21?,22?/m1/s1. The van der Waals surface area contributed by atoms with Gasteiger partial charge in [-0.1, -0.05) is 0 Å². The highest BCUT2D eigenvalue weighted by Gasteiger charge is 2.46. The zero-order chi connectivity index (χ0) is 21.2. The first-order chi connectivity index (χ1) is 15.2. The molecule has 5 heterocycles. The smallest absolute Gasteiger partial charge is 0.220 e. The molecule has 7 N–H and O–H groups in total. The van der Waals surface area contributed by atoms with Gasteiger partial charge in [-0.2, -0.15) is 5.48 Å². The zero-order valence-electron chi connectivity index (χ0n) is 18.8. The third kappa shape index (κ3) is 4.93. The van der Waals surface area contributed by atoms with Crippen LogP contribution in [0.4, 0.5) is 0 Å². The Kier molecular flexibility index (Phi) is 7.09. The molecule has 5 rings (SSSR count). The van der Waals surface area contributed by atoms with Gasteiger partial charge in [0.2, 0.25) is 5.91 Å². The first-order valence-corrected chi connectivity index (χ1v) is 12.7. The molecule has 0 radical (unpaired) electrons. The zero-order valence-corrected chi connectivity index (χ0v) is 18.8. The summed E-state index contributed by atoms with van der Waals surface area (Å²) >= 11 is 0. The number of carbonyl (C=O) groups excluding carboxylic acids is 1. The molecule has 31 heavy (non-hydrogen) atoms. The summed E-state index contributed by atoms with van der Waals surface area (Å²) < 4.78 is 5.59. The number of quaternary nitrogens is 2. The van der Waals surface area contributed by atoms with E-state index in [9.17, 15) is 4.79 Å². The number of likely N-dealkylation sites (tertiary alicyclic amines) is 2. The largest absolute Gasteiger partial charge is 0.381 e. The Morgan fingerprint density at radius 2 is 1.90 bits per heavy atom. The van der Waals surface area contributed by atoms with Gasteiger partial charge in [0.1, 0.15) is 12.2 Å². The van der Waals surface area contributed by atoms with Gasteiger partial charge in [0.25, 0.3) is 0 Å². The first kappa shape index (κ1) is 22.0. The van der Waals surface area contributed by atoms with E-state index < -0.39 is 0 Å². The Morgan fingerprint density at radius 1 is 1.10 bits per heavy atom. The molecule has 176 valence electrons. The van der Waals surface area contributed by atoms with Crippen molar-refractivity contribution in [1.29, 1.82) is 0 Å². The Bertz CT molecular complexity index is 610. The van der Waals surface area contributed by atoms with E-state index in [1.165, 1.54) is 38.6 Å². The number of hydroxylamine groups is 1. The average molecular weight is 439 g/mol. The molecule has 5 saturated heterocycles. The molecule has 9 nitrogen and oxygen atoms in total. The summed E-state index contributed by atoms with van der Waals surface area (Å²) in [4.78, 5) is 21.9. The number of carbonyl (C=O) groups is 1. The van der Waals surface area contributed by atoms with E-state index >= 15 is 0 Å². The molecule has 6 atom stereocenters. The van der Waals surface area contributed by atoms with Crippen molar-refractivity contribution < 1.29 is 24.6 Å². The maximum Gasteiger partial charge on any atom is 0.220 e. The van der Waals surface area contributed by atoms with Crippen LogP contribution in [-0.2, 0) is 14.4 Å². The summed E-state index contributed by atoms with van der Waals surface area (Å²) in [6.07, 6.45) is 9.93. The molecular formula is C22H42N6O3+2. The molecular weight excluding hydrogens is 396 g/mol. The maximum atomic E-state index is 11.5. The molecule has 5 aliphatic heterocycles. The van der Waals surface area contributed by atoms with Crippen molar-refractivity contribution >= 4 is 5.91 Å². The number of hydrogen-bond donors (Lipinski definition) is 5. The van der Waals surface area contributed by atoms with Gasteiger partial charge < -0.3 is 20.7 Å². The van der Waals surface area contributed by atoms with Crippen molar-refractivity contribution in [1.82, 2.24) is 15.7 Å². The third-order valence-electron chi connectivity index (χ3n) is 8.63. The molecule has 0 aromatic heterocycles. The summed E-state index contributed by atoms with van der Waals surface area (Å²) in [6.45, 7) is 6.21. The van der Waals surface area contributed by atoms with Gasteiger partial charge in [-0.15, -0.1) is 0 Å². The number of primary amides is 1. The number of amides is 1. The van der Waals surface area contributed by atoms with Gasteiger partial charge in [-0.25, -0.2) is 0 Å². The van der Waals surface area contributed by atoms with Crippen LogP contribution in [0.2, 0.25) is 0 Å². The Morgan fingerprint density at radius 3 is 2.68 bits per heavy atom. The molecule has 1 amide bonds. The van der Waals surface area contributed by atoms with Crippen molar-refractivity contribution in [2.45, 2.75) is 82.0 Å². The fraction of sp³-hybridized carbons (Fsp3) is 0.955. The number of ether oxygens (including phenoxy) is 1. The number of nitrogens with two attached hydrogens (primary N) is 2. The van der Waals surface area contributed by atoms with E-state index in [4.69, 9.17) is 15.3 Å². The Labute approximate surface area is 185 Å². The second kappa shape index (κ2) is 9.99. The molecule has 5 unspecified atom stereocenters. The fourth-order valence-corrected chi connectivity index (χ4v) is 6.78. The average Bonchev–Trinajstić information content (AvgIpc) is 3.50. The van der Waals surface area contributed by atoms with E-state index in [0.717, 1.165) is 58.2 Å². The van der Waals surface area contributed by atoms with Crippen LogP contribution in [0.1, 0.15) is 51.4 Å². The van der Waals surface area contributed by atoms with Gasteiger partial charge >= 0.3 is 0 Å². The highest BCUT2D eigenvalue weighted by atomic mass is 16.7.